The summed E-state index contributed by atoms with van der Waals surface area (Å²) in [5.74, 6) is -0.119. The molecule has 0 aliphatic rings. The number of nitrogens with two attached hydrogens (primary N) is 1. The third-order valence-corrected chi connectivity index (χ3v) is 3.32. The van der Waals surface area contributed by atoms with Crippen LogP contribution in [0.1, 0.15) is 24.2 Å². The lowest BCUT2D eigenvalue weighted by Gasteiger charge is -2.14. The van der Waals surface area contributed by atoms with Gasteiger partial charge < -0.3 is 11.1 Å². The van der Waals surface area contributed by atoms with Gasteiger partial charge in [-0.25, -0.2) is 4.68 Å². The molecule has 1 amide bonds. The molecule has 1 aromatic heterocycles. The smallest absolute Gasteiger partial charge is 0.242 e. The van der Waals surface area contributed by atoms with Gasteiger partial charge in [0.1, 0.15) is 6.54 Å². The van der Waals surface area contributed by atoms with Crippen molar-refractivity contribution in [2.24, 2.45) is 5.73 Å². The Hall–Kier alpha value is -1.73. The largest absolute Gasteiger partial charge is 0.348 e. The Morgan fingerprint density at radius 1 is 1.55 bits per heavy atom. The first kappa shape index (κ1) is 14.7. The van der Waals surface area contributed by atoms with Gasteiger partial charge in [-0.05, 0) is 24.6 Å². The molecule has 1 heterocycles. The first-order chi connectivity index (χ1) is 9.58. The van der Waals surface area contributed by atoms with Gasteiger partial charge in [0.15, 0.2) is 0 Å². The Bertz CT molecular complexity index is 598. The number of nitrogens with zero attached hydrogens (tertiary/aromatic N) is 3. The highest BCUT2D eigenvalue weighted by Crippen LogP contribution is 2.17. The van der Waals surface area contributed by atoms with E-state index in [1.807, 2.05) is 31.2 Å². The van der Waals surface area contributed by atoms with Crippen molar-refractivity contribution in [1.82, 2.24) is 20.3 Å². The molecule has 1 unspecified atom stereocenters. The van der Waals surface area contributed by atoms with E-state index in [0.29, 0.717) is 12.2 Å². The summed E-state index contributed by atoms with van der Waals surface area (Å²) in [7, 11) is 0. The Morgan fingerprint density at radius 3 is 3.00 bits per heavy atom. The van der Waals surface area contributed by atoms with Crippen molar-refractivity contribution in [1.29, 1.82) is 0 Å². The molecule has 0 aliphatic carbocycles. The zero-order valence-corrected chi connectivity index (χ0v) is 12.7. The third kappa shape index (κ3) is 3.88. The average Bonchev–Trinajstić information content (AvgIpc) is 2.86. The van der Waals surface area contributed by atoms with Crippen molar-refractivity contribution in [3.05, 3.63) is 46.2 Å². The van der Waals surface area contributed by atoms with Gasteiger partial charge in [0.05, 0.1) is 17.9 Å². The highest BCUT2D eigenvalue weighted by atomic mass is 79.9. The first-order valence-electron chi connectivity index (χ1n) is 6.22. The molecule has 1 atom stereocenters. The minimum atomic E-state index is -0.119. The minimum absolute atomic E-state index is 0.0718. The molecule has 20 heavy (non-hydrogen) atoms. The average molecular weight is 338 g/mol. The molecule has 0 saturated heterocycles. The highest BCUT2D eigenvalue weighted by Gasteiger charge is 2.11. The second-order valence-corrected chi connectivity index (χ2v) is 5.37. The number of carbonyl (C=O) groups is 1. The molecule has 3 N–H and O–H groups in total. The highest BCUT2D eigenvalue weighted by molar-refractivity contribution is 9.10. The van der Waals surface area contributed by atoms with Crippen LogP contribution in [0.3, 0.4) is 0 Å². The summed E-state index contributed by atoms with van der Waals surface area (Å²) in [5.41, 5.74) is 7.14. The summed E-state index contributed by atoms with van der Waals surface area (Å²) < 4.78 is 2.46. The zero-order valence-electron chi connectivity index (χ0n) is 11.1. The van der Waals surface area contributed by atoms with E-state index in [-0.39, 0.29) is 18.5 Å². The van der Waals surface area contributed by atoms with E-state index in [4.69, 9.17) is 5.73 Å². The Morgan fingerprint density at radius 2 is 2.35 bits per heavy atom. The molecule has 2 aromatic rings. The second-order valence-electron chi connectivity index (χ2n) is 4.46. The summed E-state index contributed by atoms with van der Waals surface area (Å²) in [6.07, 6.45) is 1.67. The number of hydrogen-bond acceptors (Lipinski definition) is 4. The molecule has 1 aromatic carbocycles. The monoisotopic (exact) mass is 337 g/mol. The topological polar surface area (TPSA) is 85.8 Å². The van der Waals surface area contributed by atoms with Gasteiger partial charge in [0.25, 0.3) is 0 Å². The number of rotatable bonds is 5. The molecule has 0 aliphatic heterocycles. The number of nitrogens with one attached hydrogen (secondary N) is 1. The maximum absolute atomic E-state index is 11.9. The molecule has 7 heteroatoms. The molecular weight excluding hydrogens is 322 g/mol. The molecular formula is C13H16BrN5O. The Labute approximate surface area is 125 Å². The molecule has 0 spiro atoms. The molecule has 2 rings (SSSR count). The van der Waals surface area contributed by atoms with E-state index in [9.17, 15) is 4.79 Å². The number of aromatic nitrogens is 3. The lowest BCUT2D eigenvalue weighted by molar-refractivity contribution is -0.122. The molecule has 0 radical (unpaired) electrons. The predicted octanol–water partition coefficient (Wildman–Crippen LogP) is 1.38. The molecule has 6 nitrogen and oxygen atoms in total. The lowest BCUT2D eigenvalue weighted by Crippen LogP contribution is -2.30. The summed E-state index contributed by atoms with van der Waals surface area (Å²) in [6, 6.07) is 7.76. The zero-order chi connectivity index (χ0) is 14.5. The normalized spacial score (nSPS) is 12.2. The van der Waals surface area contributed by atoms with Crippen LogP contribution in [0.4, 0.5) is 0 Å². The number of halogens is 1. The Balaban J connectivity index is 1.94. The van der Waals surface area contributed by atoms with Crippen LogP contribution in [0.15, 0.2) is 34.9 Å². The maximum atomic E-state index is 11.9. The van der Waals surface area contributed by atoms with E-state index in [1.165, 1.54) is 4.68 Å². The van der Waals surface area contributed by atoms with Crippen LogP contribution in [0.5, 0.6) is 0 Å². The van der Waals surface area contributed by atoms with Gasteiger partial charge in [-0.3, -0.25) is 4.79 Å². The fraction of sp³-hybridized carbons (Fsp3) is 0.308. The third-order valence-electron chi connectivity index (χ3n) is 2.83. The van der Waals surface area contributed by atoms with Gasteiger partial charge in [0.2, 0.25) is 5.91 Å². The summed E-state index contributed by atoms with van der Waals surface area (Å²) >= 11 is 3.41. The molecule has 106 valence electrons. The van der Waals surface area contributed by atoms with Gasteiger partial charge in [-0.15, -0.1) is 5.10 Å². The van der Waals surface area contributed by atoms with Crippen molar-refractivity contribution in [3.63, 3.8) is 0 Å². The van der Waals surface area contributed by atoms with Crippen molar-refractivity contribution in [2.45, 2.75) is 26.1 Å². The van der Waals surface area contributed by atoms with Gasteiger partial charge in [-0.1, -0.05) is 33.3 Å². The lowest BCUT2D eigenvalue weighted by atomic mass is 10.1. The van der Waals surface area contributed by atoms with E-state index in [0.717, 1.165) is 10.0 Å². The van der Waals surface area contributed by atoms with E-state index < -0.39 is 0 Å². The van der Waals surface area contributed by atoms with Crippen molar-refractivity contribution in [2.75, 3.05) is 0 Å². The van der Waals surface area contributed by atoms with Crippen LogP contribution in [0.25, 0.3) is 0 Å². The SMILES string of the molecule is CC(NC(=O)Cn1cc(CN)nn1)c1cccc(Br)c1. The Kier molecular flexibility index (Phi) is 4.86. The number of hydrogen-bond donors (Lipinski definition) is 2. The summed E-state index contributed by atoms with van der Waals surface area (Å²) in [4.78, 5) is 11.9. The van der Waals surface area contributed by atoms with E-state index >= 15 is 0 Å². The summed E-state index contributed by atoms with van der Waals surface area (Å²) in [5, 5.41) is 10.6. The van der Waals surface area contributed by atoms with Crippen LogP contribution in [-0.4, -0.2) is 20.9 Å². The van der Waals surface area contributed by atoms with Crippen LogP contribution in [0.2, 0.25) is 0 Å². The second kappa shape index (κ2) is 6.62. The van der Waals surface area contributed by atoms with Gasteiger partial charge >= 0.3 is 0 Å². The minimum Gasteiger partial charge on any atom is -0.348 e. The first-order valence-corrected chi connectivity index (χ1v) is 7.01. The molecule has 0 saturated carbocycles. The number of carbonyl (C=O) groups excluding carboxylic acids is 1. The molecule has 0 fully saturated rings. The quantitative estimate of drug-likeness (QED) is 0.862. The fourth-order valence-electron chi connectivity index (χ4n) is 1.80. The molecule has 0 bridgehead atoms. The predicted molar refractivity (Wildman–Crippen MR) is 78.6 cm³/mol. The fourth-order valence-corrected chi connectivity index (χ4v) is 2.22. The maximum Gasteiger partial charge on any atom is 0.242 e. The number of benzene rings is 1. The van der Waals surface area contributed by atoms with E-state index in [1.54, 1.807) is 6.20 Å². The van der Waals surface area contributed by atoms with Crippen molar-refractivity contribution < 1.29 is 4.79 Å². The van der Waals surface area contributed by atoms with Gasteiger partial charge in [-0.2, -0.15) is 0 Å². The van der Waals surface area contributed by atoms with Crippen molar-refractivity contribution >= 4 is 21.8 Å². The van der Waals surface area contributed by atoms with E-state index in [2.05, 4.69) is 31.6 Å². The van der Waals surface area contributed by atoms with Crippen LogP contribution < -0.4 is 11.1 Å². The summed E-state index contributed by atoms with van der Waals surface area (Å²) in [6.45, 7) is 2.38. The van der Waals surface area contributed by atoms with Crippen LogP contribution >= 0.6 is 15.9 Å². The van der Waals surface area contributed by atoms with Crippen LogP contribution in [-0.2, 0) is 17.9 Å². The van der Waals surface area contributed by atoms with Crippen molar-refractivity contribution in [3.8, 4) is 0 Å². The van der Waals surface area contributed by atoms with Gasteiger partial charge in [0, 0.05) is 11.0 Å². The standard InChI is InChI=1S/C13H16BrN5O/c1-9(10-3-2-4-11(14)5-10)16-13(20)8-19-7-12(6-15)17-18-19/h2-5,7,9H,6,8,15H2,1H3,(H,16,20). The van der Waals surface area contributed by atoms with Crippen LogP contribution in [0, 0.1) is 0 Å². The number of amides is 1.